The number of rotatable bonds is 14. The van der Waals surface area contributed by atoms with Gasteiger partial charge in [-0.3, -0.25) is 9.69 Å². The lowest BCUT2D eigenvalue weighted by Gasteiger charge is -2.54. The smallest absolute Gasteiger partial charge is 0.404 e. The molecule has 11 nitrogen and oxygen atoms in total. The quantitative estimate of drug-likeness (QED) is 0.263. The standard InChI is InChI=1S/C43H59FN6O5S/c44-35-8-3-7-34(25-35)43(31-48-21-6-22-48,39-9-4-10-40(39)45-42(52)53)33-16-23-47(24-17-33)26-32-27-49(28-32)36-12-14-37(15-13-36)56(54,55)38-29-50(30-38)41(51)11-5-20-46-18-1-2-19-46/h3,5,7-8,11-15,25,32-33,38-40,45H,1-2,4,6,9-10,16-24,26-31H2,(H,52,53)/b11-5+/t39-,40-,43-/m0/s1. The molecule has 5 saturated heterocycles. The molecule has 5 heterocycles. The van der Waals surface area contributed by atoms with Gasteiger partial charge in [0.05, 0.1) is 4.90 Å². The summed E-state index contributed by atoms with van der Waals surface area (Å²) >= 11 is 0. The lowest BCUT2D eigenvalue weighted by Crippen LogP contribution is -2.60. The van der Waals surface area contributed by atoms with Gasteiger partial charge in [0.25, 0.3) is 0 Å². The molecule has 0 spiro atoms. The Labute approximate surface area is 331 Å². The molecular formula is C43H59FN6O5S. The maximum Gasteiger partial charge on any atom is 0.404 e. The summed E-state index contributed by atoms with van der Waals surface area (Å²) in [4.78, 5) is 36.1. The fourth-order valence-corrected chi connectivity index (χ4v) is 12.5. The predicted octanol–water partition coefficient (Wildman–Crippen LogP) is 4.69. The zero-order chi connectivity index (χ0) is 38.9. The van der Waals surface area contributed by atoms with Gasteiger partial charge >= 0.3 is 6.09 Å². The van der Waals surface area contributed by atoms with Crippen molar-refractivity contribution in [3.05, 3.63) is 72.1 Å². The number of hydrogen-bond acceptors (Lipinski definition) is 8. The van der Waals surface area contributed by atoms with E-state index in [0.717, 1.165) is 115 Å². The zero-order valence-electron chi connectivity index (χ0n) is 32.6. The first-order chi connectivity index (χ1) is 27.1. The number of carbonyl (C=O) groups excluding carboxylic acids is 1. The van der Waals surface area contributed by atoms with Gasteiger partial charge in [-0.2, -0.15) is 0 Å². The number of carboxylic acid groups (broad SMARTS) is 1. The molecule has 6 fully saturated rings. The molecule has 2 aromatic carbocycles. The lowest BCUT2D eigenvalue weighted by atomic mass is 9.57. The highest BCUT2D eigenvalue weighted by molar-refractivity contribution is 7.92. The minimum Gasteiger partial charge on any atom is -0.465 e. The second kappa shape index (κ2) is 16.8. The Morgan fingerprint density at radius 1 is 0.839 bits per heavy atom. The zero-order valence-corrected chi connectivity index (χ0v) is 33.4. The summed E-state index contributed by atoms with van der Waals surface area (Å²) in [5, 5.41) is 12.1. The summed E-state index contributed by atoms with van der Waals surface area (Å²) < 4.78 is 41.7. The third-order valence-corrected chi connectivity index (χ3v) is 16.1. The molecule has 2 amide bonds. The maximum atomic E-state index is 14.9. The molecule has 56 heavy (non-hydrogen) atoms. The second-order valence-electron chi connectivity index (χ2n) is 17.4. The van der Waals surface area contributed by atoms with Crippen molar-refractivity contribution in [2.45, 2.75) is 73.0 Å². The summed E-state index contributed by atoms with van der Waals surface area (Å²) in [5.41, 5.74) is 1.73. The van der Waals surface area contributed by atoms with E-state index in [9.17, 15) is 27.5 Å². The van der Waals surface area contributed by atoms with Crippen molar-refractivity contribution in [1.82, 2.24) is 24.9 Å². The lowest BCUT2D eigenvalue weighted by molar-refractivity contribution is -0.129. The number of likely N-dealkylation sites (tertiary alicyclic amines) is 4. The van der Waals surface area contributed by atoms with Crippen LogP contribution in [0.4, 0.5) is 14.9 Å². The molecule has 0 bridgehead atoms. The highest BCUT2D eigenvalue weighted by atomic mass is 32.2. The minimum absolute atomic E-state index is 0.114. The van der Waals surface area contributed by atoms with E-state index in [0.29, 0.717) is 16.7 Å². The van der Waals surface area contributed by atoms with Gasteiger partial charge in [0.1, 0.15) is 11.1 Å². The third kappa shape index (κ3) is 8.24. The third-order valence-electron chi connectivity index (χ3n) is 14.0. The van der Waals surface area contributed by atoms with Crippen molar-refractivity contribution in [2.75, 3.05) is 90.0 Å². The van der Waals surface area contributed by atoms with E-state index < -0.39 is 21.2 Å². The summed E-state index contributed by atoms with van der Waals surface area (Å²) in [6.07, 6.45) is 10.8. The first kappa shape index (κ1) is 39.3. The number of hydrogen-bond donors (Lipinski definition) is 2. The molecule has 304 valence electrons. The first-order valence-electron chi connectivity index (χ1n) is 21.1. The molecule has 3 atom stereocenters. The van der Waals surface area contributed by atoms with Crippen LogP contribution < -0.4 is 10.2 Å². The number of carbonyl (C=O) groups is 2. The number of anilines is 1. The number of halogens is 1. The van der Waals surface area contributed by atoms with E-state index in [1.807, 2.05) is 24.3 Å². The van der Waals surface area contributed by atoms with E-state index >= 15 is 0 Å². The summed E-state index contributed by atoms with van der Waals surface area (Å²) in [5.74, 6) is 0.609. The van der Waals surface area contributed by atoms with Crippen molar-refractivity contribution >= 4 is 27.5 Å². The molecule has 13 heteroatoms. The van der Waals surface area contributed by atoms with Gasteiger partial charge in [-0.25, -0.2) is 17.6 Å². The van der Waals surface area contributed by atoms with Crippen LogP contribution in [0, 0.1) is 23.6 Å². The van der Waals surface area contributed by atoms with Gasteiger partial charge in [-0.05, 0) is 138 Å². The Bertz CT molecular complexity index is 1830. The van der Waals surface area contributed by atoms with Crippen molar-refractivity contribution in [2.24, 2.45) is 17.8 Å². The molecule has 1 aliphatic carbocycles. The largest absolute Gasteiger partial charge is 0.465 e. The summed E-state index contributed by atoms with van der Waals surface area (Å²) in [6, 6.07) is 14.3. The molecule has 0 aromatic heterocycles. The second-order valence-corrected chi connectivity index (χ2v) is 19.7. The van der Waals surface area contributed by atoms with Crippen LogP contribution >= 0.6 is 0 Å². The van der Waals surface area contributed by atoms with Crippen LogP contribution in [0.25, 0.3) is 0 Å². The van der Waals surface area contributed by atoms with E-state index in [2.05, 4.69) is 31.0 Å². The number of nitrogens with zero attached hydrogens (tertiary/aromatic N) is 5. The van der Waals surface area contributed by atoms with Crippen LogP contribution in [-0.4, -0.2) is 141 Å². The van der Waals surface area contributed by atoms with Gasteiger partial charge in [0, 0.05) is 75.0 Å². The van der Waals surface area contributed by atoms with Crippen molar-refractivity contribution < 1.29 is 27.5 Å². The minimum atomic E-state index is -3.52. The molecular weight excluding hydrogens is 732 g/mol. The van der Waals surface area contributed by atoms with E-state index in [1.165, 1.54) is 25.3 Å². The maximum absolute atomic E-state index is 14.9. The Kier molecular flexibility index (Phi) is 11.8. The van der Waals surface area contributed by atoms with Gasteiger partial charge < -0.3 is 30.0 Å². The van der Waals surface area contributed by atoms with Crippen molar-refractivity contribution in [3.63, 3.8) is 0 Å². The Hall–Kier alpha value is -3.52. The molecule has 6 aliphatic rings. The van der Waals surface area contributed by atoms with Crippen molar-refractivity contribution in [3.8, 4) is 0 Å². The number of sulfone groups is 1. The van der Waals surface area contributed by atoms with Crippen LogP contribution in [0.1, 0.15) is 56.9 Å². The number of piperidine rings is 1. The molecule has 0 radical (unpaired) electrons. The average Bonchev–Trinajstić information content (AvgIpc) is 3.82. The molecule has 8 rings (SSSR count). The number of benzene rings is 2. The van der Waals surface area contributed by atoms with Gasteiger partial charge in [0.15, 0.2) is 9.84 Å². The number of amides is 2. The van der Waals surface area contributed by atoms with Crippen molar-refractivity contribution in [1.29, 1.82) is 0 Å². The van der Waals surface area contributed by atoms with E-state index in [-0.39, 0.29) is 42.2 Å². The SMILES string of the molecule is O=C(O)N[C@H]1CCC[C@@H]1[C@](CN1CCC1)(c1cccc(F)c1)C1CCN(CC2CN(c3ccc(S(=O)(=O)C4CN(C(=O)/C=C/CN5CCCC5)C4)cc3)C2)CC1. The Balaban J connectivity index is 0.842. The van der Waals surface area contributed by atoms with Crippen LogP contribution in [0.3, 0.4) is 0 Å². The monoisotopic (exact) mass is 790 g/mol. The highest BCUT2D eigenvalue weighted by Crippen LogP contribution is 2.51. The average molecular weight is 791 g/mol. The van der Waals surface area contributed by atoms with Crippen LogP contribution in [0.2, 0.25) is 0 Å². The highest BCUT2D eigenvalue weighted by Gasteiger charge is 2.53. The molecule has 0 unspecified atom stereocenters. The topological polar surface area (TPSA) is 117 Å². The van der Waals surface area contributed by atoms with Crippen LogP contribution in [0.15, 0.2) is 65.6 Å². The van der Waals surface area contributed by atoms with Crippen LogP contribution in [0.5, 0.6) is 0 Å². The fraction of sp³-hybridized carbons (Fsp3) is 0.628. The summed E-state index contributed by atoms with van der Waals surface area (Å²) in [7, 11) is -3.52. The molecule has 2 N–H and O–H groups in total. The van der Waals surface area contributed by atoms with E-state index in [4.69, 9.17) is 0 Å². The predicted molar refractivity (Wildman–Crippen MR) is 215 cm³/mol. The Morgan fingerprint density at radius 2 is 1.55 bits per heavy atom. The molecule has 2 aromatic rings. The van der Waals surface area contributed by atoms with Gasteiger partial charge in [-0.1, -0.05) is 24.6 Å². The fourth-order valence-electron chi connectivity index (χ4n) is 10.8. The molecule has 5 aliphatic heterocycles. The van der Waals surface area contributed by atoms with Gasteiger partial charge in [-0.15, -0.1) is 0 Å². The summed E-state index contributed by atoms with van der Waals surface area (Å²) in [6.45, 7) is 11.1. The Morgan fingerprint density at radius 3 is 2.21 bits per heavy atom. The number of nitrogens with one attached hydrogen (secondary N) is 1. The first-order valence-corrected chi connectivity index (χ1v) is 22.6. The molecule has 1 saturated carbocycles. The van der Waals surface area contributed by atoms with Gasteiger partial charge in [0.2, 0.25) is 5.91 Å². The van der Waals surface area contributed by atoms with E-state index in [1.54, 1.807) is 29.2 Å². The van der Waals surface area contributed by atoms with Crippen LogP contribution in [-0.2, 0) is 20.0 Å². The normalized spacial score (nSPS) is 25.9.